The number of hydrogen-bond acceptors (Lipinski definition) is 4. The topological polar surface area (TPSA) is 93.4 Å². The molecule has 1 aromatic carbocycles. The molecule has 0 aliphatic heterocycles. The van der Waals surface area contributed by atoms with Gasteiger partial charge >= 0.3 is 6.03 Å². The zero-order chi connectivity index (χ0) is 14.3. The summed E-state index contributed by atoms with van der Waals surface area (Å²) in [5.74, 6) is 0.381. The Morgan fingerprint density at radius 1 is 1.37 bits per heavy atom. The molecule has 0 heterocycles. The molecule has 1 rings (SSSR count). The number of amides is 3. The zero-order valence-electron chi connectivity index (χ0n) is 11.1. The number of nitrogens with two attached hydrogens (primary N) is 1. The fourth-order valence-corrected chi connectivity index (χ4v) is 1.66. The smallest absolute Gasteiger partial charge is 0.318 e. The summed E-state index contributed by atoms with van der Waals surface area (Å²) in [5.41, 5.74) is 5.93. The maximum atomic E-state index is 11.4. The second-order valence-electron chi connectivity index (χ2n) is 4.09. The number of benzene rings is 1. The summed E-state index contributed by atoms with van der Waals surface area (Å²) in [6.45, 7) is 2.26. The van der Waals surface area contributed by atoms with E-state index in [0.29, 0.717) is 6.54 Å². The molecule has 6 heteroatoms. The van der Waals surface area contributed by atoms with E-state index in [4.69, 9.17) is 10.5 Å². The summed E-state index contributed by atoms with van der Waals surface area (Å²) in [6.07, 6.45) is 0.720. The first-order valence-corrected chi connectivity index (χ1v) is 6.00. The van der Waals surface area contributed by atoms with Crippen molar-refractivity contribution < 1.29 is 14.3 Å². The number of primary amides is 1. The van der Waals surface area contributed by atoms with Crippen LogP contribution >= 0.6 is 0 Å². The molecule has 0 fully saturated rings. The molecule has 1 aromatic rings. The van der Waals surface area contributed by atoms with Gasteiger partial charge in [-0.1, -0.05) is 18.2 Å². The van der Waals surface area contributed by atoms with Gasteiger partial charge in [-0.15, -0.1) is 0 Å². The number of rotatable bonds is 6. The first-order valence-electron chi connectivity index (χ1n) is 6.00. The monoisotopic (exact) mass is 265 g/mol. The molecule has 0 spiro atoms. The standard InChI is InChI=1S/C13H19N3O3/c1-9(12(17)16-13(14)18)15-8-7-10-5-3-4-6-11(10)19-2/h3-6,9,15H,7-8H2,1-2H3,(H3,14,16,17,18). The quantitative estimate of drug-likeness (QED) is 0.694. The predicted molar refractivity (Wildman–Crippen MR) is 71.9 cm³/mol. The Labute approximate surface area is 112 Å². The zero-order valence-corrected chi connectivity index (χ0v) is 11.1. The Hall–Kier alpha value is -2.08. The van der Waals surface area contributed by atoms with Gasteiger partial charge in [0.15, 0.2) is 0 Å². The van der Waals surface area contributed by atoms with Gasteiger partial charge in [0.25, 0.3) is 0 Å². The Bertz CT molecular complexity index is 449. The van der Waals surface area contributed by atoms with Crippen molar-refractivity contribution in [1.29, 1.82) is 0 Å². The van der Waals surface area contributed by atoms with Crippen LogP contribution in [0.5, 0.6) is 5.75 Å². The normalized spacial score (nSPS) is 11.7. The fourth-order valence-electron chi connectivity index (χ4n) is 1.66. The van der Waals surface area contributed by atoms with Crippen molar-refractivity contribution in [2.75, 3.05) is 13.7 Å². The number of imide groups is 1. The van der Waals surface area contributed by atoms with E-state index in [1.54, 1.807) is 14.0 Å². The van der Waals surface area contributed by atoms with Gasteiger partial charge in [0.05, 0.1) is 13.2 Å². The van der Waals surface area contributed by atoms with Gasteiger partial charge in [0.2, 0.25) is 5.91 Å². The van der Waals surface area contributed by atoms with Crippen molar-refractivity contribution in [2.24, 2.45) is 5.73 Å². The number of nitrogens with one attached hydrogen (secondary N) is 2. The van der Waals surface area contributed by atoms with E-state index in [2.05, 4.69) is 5.32 Å². The van der Waals surface area contributed by atoms with E-state index in [0.717, 1.165) is 17.7 Å². The van der Waals surface area contributed by atoms with E-state index >= 15 is 0 Å². The summed E-state index contributed by atoms with van der Waals surface area (Å²) in [4.78, 5) is 22.0. The highest BCUT2D eigenvalue weighted by Gasteiger charge is 2.13. The number of carbonyl (C=O) groups is 2. The molecule has 0 radical (unpaired) electrons. The molecular formula is C13H19N3O3. The van der Waals surface area contributed by atoms with E-state index in [-0.39, 0.29) is 0 Å². The Balaban J connectivity index is 2.41. The number of methoxy groups -OCH3 is 1. The third-order valence-corrected chi connectivity index (χ3v) is 2.68. The maximum Gasteiger partial charge on any atom is 0.318 e. The van der Waals surface area contributed by atoms with Crippen LogP contribution in [0.3, 0.4) is 0 Å². The molecule has 0 saturated heterocycles. The van der Waals surface area contributed by atoms with Crippen molar-refractivity contribution >= 4 is 11.9 Å². The van der Waals surface area contributed by atoms with Gasteiger partial charge in [-0.05, 0) is 25.0 Å². The largest absolute Gasteiger partial charge is 0.496 e. The van der Waals surface area contributed by atoms with Crippen LogP contribution in [0.1, 0.15) is 12.5 Å². The van der Waals surface area contributed by atoms with Crippen molar-refractivity contribution in [3.05, 3.63) is 29.8 Å². The van der Waals surface area contributed by atoms with Gasteiger partial charge < -0.3 is 15.8 Å². The molecule has 19 heavy (non-hydrogen) atoms. The summed E-state index contributed by atoms with van der Waals surface area (Å²) >= 11 is 0. The van der Waals surface area contributed by atoms with E-state index in [1.165, 1.54) is 0 Å². The molecule has 3 amide bonds. The van der Waals surface area contributed by atoms with Crippen LogP contribution in [-0.2, 0) is 11.2 Å². The lowest BCUT2D eigenvalue weighted by Gasteiger charge is -2.13. The van der Waals surface area contributed by atoms with Crippen LogP contribution in [0.4, 0.5) is 4.79 Å². The minimum Gasteiger partial charge on any atom is -0.496 e. The lowest BCUT2D eigenvalue weighted by molar-refractivity contribution is -0.121. The lowest BCUT2D eigenvalue weighted by Crippen LogP contribution is -2.46. The molecule has 4 N–H and O–H groups in total. The van der Waals surface area contributed by atoms with Gasteiger partial charge in [-0.25, -0.2) is 4.79 Å². The minimum absolute atomic E-state index is 0.437. The average molecular weight is 265 g/mol. The SMILES string of the molecule is COc1ccccc1CCNC(C)C(=O)NC(N)=O. The Morgan fingerprint density at radius 2 is 2.05 bits per heavy atom. The summed E-state index contributed by atoms with van der Waals surface area (Å²) in [5, 5.41) is 5.04. The second kappa shape index (κ2) is 7.38. The van der Waals surface area contributed by atoms with Crippen molar-refractivity contribution in [1.82, 2.24) is 10.6 Å². The minimum atomic E-state index is -0.844. The summed E-state index contributed by atoms with van der Waals surface area (Å²) < 4.78 is 5.23. The lowest BCUT2D eigenvalue weighted by atomic mass is 10.1. The van der Waals surface area contributed by atoms with Crippen molar-refractivity contribution in [3.63, 3.8) is 0 Å². The first kappa shape index (κ1) is 15.0. The highest BCUT2D eigenvalue weighted by atomic mass is 16.5. The van der Waals surface area contributed by atoms with Crippen LogP contribution in [0.15, 0.2) is 24.3 Å². The molecular weight excluding hydrogens is 246 g/mol. The first-order chi connectivity index (χ1) is 9.04. The Kier molecular flexibility index (Phi) is 5.81. The number of urea groups is 1. The number of hydrogen-bond donors (Lipinski definition) is 3. The third kappa shape index (κ3) is 4.97. The van der Waals surface area contributed by atoms with Crippen LogP contribution in [-0.4, -0.2) is 31.6 Å². The molecule has 1 unspecified atom stereocenters. The summed E-state index contributed by atoms with van der Waals surface area (Å²) in [6, 6.07) is 6.36. The molecule has 0 aromatic heterocycles. The van der Waals surface area contributed by atoms with Crippen LogP contribution in [0.2, 0.25) is 0 Å². The highest BCUT2D eigenvalue weighted by molar-refractivity contribution is 5.96. The molecule has 0 aliphatic rings. The number of para-hydroxylation sites is 1. The van der Waals surface area contributed by atoms with Crippen LogP contribution < -0.4 is 21.1 Å². The molecule has 0 saturated carbocycles. The second-order valence-corrected chi connectivity index (χ2v) is 4.09. The average Bonchev–Trinajstić information content (AvgIpc) is 2.38. The van der Waals surface area contributed by atoms with Gasteiger partial charge in [-0.3, -0.25) is 10.1 Å². The van der Waals surface area contributed by atoms with Gasteiger partial charge in [0, 0.05) is 6.54 Å². The van der Waals surface area contributed by atoms with Gasteiger partial charge in [0.1, 0.15) is 5.75 Å². The third-order valence-electron chi connectivity index (χ3n) is 2.68. The van der Waals surface area contributed by atoms with Crippen molar-refractivity contribution in [3.8, 4) is 5.75 Å². The molecule has 0 aliphatic carbocycles. The van der Waals surface area contributed by atoms with Gasteiger partial charge in [-0.2, -0.15) is 0 Å². The number of carbonyl (C=O) groups excluding carboxylic acids is 2. The van der Waals surface area contributed by atoms with E-state index < -0.39 is 18.0 Å². The van der Waals surface area contributed by atoms with E-state index in [9.17, 15) is 9.59 Å². The molecule has 104 valence electrons. The maximum absolute atomic E-state index is 11.4. The summed E-state index contributed by atoms with van der Waals surface area (Å²) in [7, 11) is 1.62. The number of ether oxygens (including phenoxy) is 1. The van der Waals surface area contributed by atoms with Crippen LogP contribution in [0, 0.1) is 0 Å². The Morgan fingerprint density at radius 3 is 2.68 bits per heavy atom. The highest BCUT2D eigenvalue weighted by Crippen LogP contribution is 2.17. The molecule has 0 bridgehead atoms. The molecule has 1 atom stereocenters. The fraction of sp³-hybridized carbons (Fsp3) is 0.385. The van der Waals surface area contributed by atoms with Crippen molar-refractivity contribution in [2.45, 2.75) is 19.4 Å². The molecule has 6 nitrogen and oxygen atoms in total. The van der Waals surface area contributed by atoms with E-state index in [1.807, 2.05) is 29.6 Å². The van der Waals surface area contributed by atoms with Crippen LogP contribution in [0.25, 0.3) is 0 Å². The predicted octanol–water partition coefficient (Wildman–Crippen LogP) is 0.411.